The van der Waals surface area contributed by atoms with Crippen LogP contribution in [0.4, 0.5) is 0 Å². The van der Waals surface area contributed by atoms with Gasteiger partial charge < -0.3 is 14.7 Å². The van der Waals surface area contributed by atoms with Crippen LogP contribution in [-0.4, -0.2) is 40.6 Å². The van der Waals surface area contributed by atoms with Crippen LogP contribution >= 0.6 is 23.2 Å². The van der Waals surface area contributed by atoms with Gasteiger partial charge in [0, 0.05) is 31.5 Å². The summed E-state index contributed by atoms with van der Waals surface area (Å²) in [5.74, 6) is 0.107. The summed E-state index contributed by atoms with van der Waals surface area (Å²) in [5.41, 5.74) is 1.92. The number of amides is 1. The fourth-order valence-electron chi connectivity index (χ4n) is 3.98. The molecular weight excluding hydrogens is 449 g/mol. The average molecular weight is 478 g/mol. The molecule has 0 bridgehead atoms. The number of nitrogens with zero attached hydrogens (tertiary/aromatic N) is 1. The van der Waals surface area contributed by atoms with E-state index in [0.717, 1.165) is 23.3 Å². The standard InChI is InChI=1S/C25H29Cl2NO4/c1-16(2)9-11-28(12-10-22(29)30)24(31)17-7-8-21-19(13-17)15-25(3,32-21)14-18-5-4-6-20(26)23(18)27/h4-8,13,16H,9-12,14-15H2,1-3H3,(H,29,30)/t25-/m1/s1. The van der Waals surface area contributed by atoms with Crippen LogP contribution in [0.15, 0.2) is 36.4 Å². The minimum absolute atomic E-state index is 0.0731. The number of aliphatic carboxylic acids is 1. The number of hydrogen-bond donors (Lipinski definition) is 1. The van der Waals surface area contributed by atoms with Crippen molar-refractivity contribution in [2.45, 2.75) is 52.1 Å². The van der Waals surface area contributed by atoms with E-state index < -0.39 is 11.6 Å². The highest BCUT2D eigenvalue weighted by Gasteiger charge is 2.36. The van der Waals surface area contributed by atoms with Crippen LogP contribution in [0, 0.1) is 5.92 Å². The summed E-state index contributed by atoms with van der Waals surface area (Å²) in [6.45, 7) is 6.91. The molecule has 1 aliphatic rings. The first-order chi connectivity index (χ1) is 15.1. The fraction of sp³-hybridized carbons (Fsp3) is 0.440. The predicted octanol–water partition coefficient (Wildman–Crippen LogP) is 5.89. The van der Waals surface area contributed by atoms with Crippen molar-refractivity contribution in [2.24, 2.45) is 5.92 Å². The van der Waals surface area contributed by atoms with Crippen LogP contribution in [0.3, 0.4) is 0 Å². The van der Waals surface area contributed by atoms with E-state index in [4.69, 9.17) is 33.0 Å². The van der Waals surface area contributed by atoms with E-state index in [1.165, 1.54) is 0 Å². The molecule has 0 radical (unpaired) electrons. The van der Waals surface area contributed by atoms with Gasteiger partial charge in [0.15, 0.2) is 0 Å². The maximum absolute atomic E-state index is 13.2. The van der Waals surface area contributed by atoms with Crippen molar-refractivity contribution in [3.8, 4) is 5.75 Å². The number of carbonyl (C=O) groups is 2. The van der Waals surface area contributed by atoms with Crippen LogP contribution in [0.2, 0.25) is 10.0 Å². The molecular formula is C25H29Cl2NO4. The van der Waals surface area contributed by atoms with Crippen molar-refractivity contribution < 1.29 is 19.4 Å². The normalized spacial score (nSPS) is 17.2. The molecule has 1 aliphatic heterocycles. The Bertz CT molecular complexity index is 1010. The first-order valence-electron chi connectivity index (χ1n) is 10.8. The summed E-state index contributed by atoms with van der Waals surface area (Å²) < 4.78 is 6.24. The van der Waals surface area contributed by atoms with Crippen molar-refractivity contribution in [3.05, 3.63) is 63.1 Å². The first-order valence-corrected chi connectivity index (χ1v) is 11.6. The third-order valence-electron chi connectivity index (χ3n) is 5.68. The molecule has 2 aromatic rings. The number of fused-ring (bicyclic) bond motifs is 1. The van der Waals surface area contributed by atoms with E-state index in [-0.39, 0.29) is 18.9 Å². The molecule has 7 heteroatoms. The van der Waals surface area contributed by atoms with Gasteiger partial charge in [0.25, 0.3) is 5.91 Å². The van der Waals surface area contributed by atoms with Crippen molar-refractivity contribution in [3.63, 3.8) is 0 Å². The second kappa shape index (κ2) is 10.1. The summed E-state index contributed by atoms with van der Waals surface area (Å²) in [4.78, 5) is 25.8. The summed E-state index contributed by atoms with van der Waals surface area (Å²) >= 11 is 12.5. The Morgan fingerprint density at radius 3 is 2.62 bits per heavy atom. The SMILES string of the molecule is CC(C)CCN(CCC(=O)O)C(=O)c1ccc2c(c1)C[C@@](C)(Cc1cccc(Cl)c1Cl)O2. The van der Waals surface area contributed by atoms with Gasteiger partial charge in [-0.2, -0.15) is 0 Å². The zero-order valence-corrected chi connectivity index (χ0v) is 20.2. The molecule has 5 nitrogen and oxygen atoms in total. The van der Waals surface area contributed by atoms with Crippen LogP contribution < -0.4 is 4.74 Å². The zero-order valence-electron chi connectivity index (χ0n) is 18.7. The van der Waals surface area contributed by atoms with Crippen molar-refractivity contribution >= 4 is 35.1 Å². The molecule has 1 heterocycles. The van der Waals surface area contributed by atoms with Gasteiger partial charge in [0.1, 0.15) is 11.4 Å². The van der Waals surface area contributed by atoms with Gasteiger partial charge in [0.2, 0.25) is 0 Å². The smallest absolute Gasteiger partial charge is 0.305 e. The van der Waals surface area contributed by atoms with Gasteiger partial charge in [-0.25, -0.2) is 0 Å². The molecule has 172 valence electrons. The van der Waals surface area contributed by atoms with Gasteiger partial charge in [-0.1, -0.05) is 49.2 Å². The predicted molar refractivity (Wildman–Crippen MR) is 127 cm³/mol. The molecule has 0 unspecified atom stereocenters. The van der Waals surface area contributed by atoms with Crippen LogP contribution in [0.1, 0.15) is 55.1 Å². The number of rotatable bonds is 9. The number of carbonyl (C=O) groups excluding carboxylic acids is 1. The molecule has 0 spiro atoms. The number of carboxylic acid groups (broad SMARTS) is 1. The third-order valence-corrected chi connectivity index (χ3v) is 6.54. The molecule has 0 aromatic heterocycles. The number of halogens is 2. The lowest BCUT2D eigenvalue weighted by atomic mass is 9.91. The summed E-state index contributed by atoms with van der Waals surface area (Å²) in [6, 6.07) is 11.0. The minimum atomic E-state index is -0.912. The molecule has 1 amide bonds. The number of hydrogen-bond acceptors (Lipinski definition) is 3. The monoisotopic (exact) mass is 477 g/mol. The molecule has 0 saturated heterocycles. The van der Waals surface area contributed by atoms with E-state index in [9.17, 15) is 9.59 Å². The maximum atomic E-state index is 13.2. The molecule has 0 fully saturated rings. The molecule has 1 atom stereocenters. The second-order valence-corrected chi connectivity index (χ2v) is 9.84. The Kier molecular flexibility index (Phi) is 7.73. The maximum Gasteiger partial charge on any atom is 0.305 e. The van der Waals surface area contributed by atoms with Gasteiger partial charge in [0.05, 0.1) is 16.5 Å². The highest BCUT2D eigenvalue weighted by molar-refractivity contribution is 6.42. The highest BCUT2D eigenvalue weighted by Crippen LogP contribution is 2.39. The Balaban J connectivity index is 1.76. The number of benzene rings is 2. The lowest BCUT2D eigenvalue weighted by Crippen LogP contribution is -2.34. The molecule has 32 heavy (non-hydrogen) atoms. The lowest BCUT2D eigenvalue weighted by Gasteiger charge is -2.24. The summed E-state index contributed by atoms with van der Waals surface area (Å²) in [5, 5.41) is 10.1. The van der Waals surface area contributed by atoms with Crippen molar-refractivity contribution in [2.75, 3.05) is 13.1 Å². The topological polar surface area (TPSA) is 66.8 Å². The van der Waals surface area contributed by atoms with Gasteiger partial charge in [-0.05, 0) is 54.7 Å². The lowest BCUT2D eigenvalue weighted by molar-refractivity contribution is -0.137. The Labute approximate surface area is 199 Å². The fourth-order valence-corrected chi connectivity index (χ4v) is 4.37. The molecule has 2 aromatic carbocycles. The Hall–Kier alpha value is -2.24. The van der Waals surface area contributed by atoms with E-state index >= 15 is 0 Å². The van der Waals surface area contributed by atoms with Gasteiger partial charge in [-0.3, -0.25) is 9.59 Å². The molecule has 0 aliphatic carbocycles. The minimum Gasteiger partial charge on any atom is -0.487 e. The van der Waals surface area contributed by atoms with Gasteiger partial charge >= 0.3 is 5.97 Å². The number of carboxylic acids is 1. The second-order valence-electron chi connectivity index (χ2n) is 9.06. The van der Waals surface area contributed by atoms with Gasteiger partial charge in [-0.15, -0.1) is 0 Å². The van der Waals surface area contributed by atoms with Crippen molar-refractivity contribution in [1.82, 2.24) is 4.90 Å². The largest absolute Gasteiger partial charge is 0.487 e. The van der Waals surface area contributed by atoms with Crippen LogP contribution in [0.5, 0.6) is 5.75 Å². The average Bonchev–Trinajstić information content (AvgIpc) is 3.05. The number of ether oxygens (including phenoxy) is 1. The van der Waals surface area contributed by atoms with Crippen molar-refractivity contribution in [1.29, 1.82) is 0 Å². The van der Waals surface area contributed by atoms with E-state index in [2.05, 4.69) is 13.8 Å². The van der Waals surface area contributed by atoms with E-state index in [1.807, 2.05) is 31.2 Å². The molecule has 1 N–H and O–H groups in total. The van der Waals surface area contributed by atoms with E-state index in [0.29, 0.717) is 40.9 Å². The zero-order chi connectivity index (χ0) is 23.5. The molecule has 0 saturated carbocycles. The molecule has 3 rings (SSSR count). The summed E-state index contributed by atoms with van der Waals surface area (Å²) in [6.07, 6.45) is 1.96. The summed E-state index contributed by atoms with van der Waals surface area (Å²) in [7, 11) is 0. The third kappa shape index (κ3) is 5.96. The Morgan fingerprint density at radius 1 is 1.19 bits per heavy atom. The highest BCUT2D eigenvalue weighted by atomic mass is 35.5. The van der Waals surface area contributed by atoms with Crippen LogP contribution in [-0.2, 0) is 17.6 Å². The quantitative estimate of drug-likeness (QED) is 0.488. The Morgan fingerprint density at radius 2 is 1.94 bits per heavy atom. The van der Waals surface area contributed by atoms with Crippen LogP contribution in [0.25, 0.3) is 0 Å². The first kappa shape index (κ1) is 24.4. The van der Waals surface area contributed by atoms with E-state index in [1.54, 1.807) is 17.0 Å².